The maximum absolute atomic E-state index is 5.60. The Hall–Kier alpha value is -11.7. The number of hydrogen-bond acceptors (Lipinski definition) is 21. The molecule has 0 bridgehead atoms. The van der Waals surface area contributed by atoms with Crippen molar-refractivity contribution < 1.29 is 33.2 Å². The van der Waals surface area contributed by atoms with Gasteiger partial charge in [-0.3, -0.25) is 29.0 Å². The lowest BCUT2D eigenvalue weighted by atomic mass is 9.99. The first-order chi connectivity index (χ1) is 51.7. The Morgan fingerprint density at radius 3 is 1.16 bits per heavy atom. The third-order valence-corrected chi connectivity index (χ3v) is 19.4. The van der Waals surface area contributed by atoms with E-state index in [2.05, 4.69) is 130 Å². The Labute approximate surface area is 618 Å². The summed E-state index contributed by atoms with van der Waals surface area (Å²) in [6.45, 7) is 7.13. The van der Waals surface area contributed by atoms with Crippen LogP contribution in [0.4, 0.5) is 34.1 Å². The highest BCUT2D eigenvalue weighted by molar-refractivity contribution is 5.86. The second kappa shape index (κ2) is 33.8. The van der Waals surface area contributed by atoms with E-state index in [4.69, 9.17) is 48.1 Å². The lowest BCUT2D eigenvalue weighted by Crippen LogP contribution is -2.44. The SMILES string of the molecule is COc1cc(OC)cc(N(CC2CCOCC2)c2ccc3ncc(-c4cnn(C)c4)nc3c2)c1.COc1cc(OC)cc(N(CCN2CCC(N(C)C)CC2)c2ccc3ncc(-c4cnn(C)c4)nc3c2)c1.COc1cc(OC)cc(N(Cc2ccccc2)c2ccc3ncc(-c4cnn(C)c4)nc3c2)c1. The molecule has 546 valence electrons. The molecule has 0 radical (unpaired) electrons. The van der Waals surface area contributed by atoms with E-state index in [9.17, 15) is 0 Å². The third kappa shape index (κ3) is 17.7. The van der Waals surface area contributed by atoms with Crippen LogP contribution in [0.1, 0.15) is 31.2 Å². The topological polar surface area (TPSA) is 212 Å². The van der Waals surface area contributed by atoms with E-state index in [1.54, 1.807) is 87.7 Å². The van der Waals surface area contributed by atoms with Crippen molar-refractivity contribution in [1.29, 1.82) is 0 Å². The standard InChI is InChI=1S/C29H37N7O2.C27H25N5O2.C26H29N5O3/c1-33(2)22-8-10-35(11-9-22)12-13-36(24-14-25(37-4)17-26(15-24)38-5)23-6-7-27-28(16-23)32-29(19-30-27)21-18-31-34(3)20-21;1-31-18-20(15-29-31)27-16-28-25-10-9-21(13-26(25)30-27)32(17-19-7-5-4-6-8-19)22-11-23(33-2)14-24(12-22)34-3;1-30-17-19(14-28-30)26-15-27-24-5-4-20(12-25(24)29-26)31(16-18-6-8-34-9-7-18)21-10-22(32-2)13-23(11-21)33-3/h6-7,14-20,22H,8-13H2,1-5H3;4-16,18H,17H2,1-3H3;4-5,10-15,17-18H,6-9,16H2,1-3H3. The number of anilines is 6. The molecule has 24 heteroatoms. The van der Waals surface area contributed by atoms with Gasteiger partial charge in [0, 0.05) is 191 Å². The predicted octanol–water partition coefficient (Wildman–Crippen LogP) is 14.2. The van der Waals surface area contributed by atoms with Crippen LogP contribution in [0, 0.1) is 5.92 Å². The quantitative estimate of drug-likeness (QED) is 0.0582. The van der Waals surface area contributed by atoms with Gasteiger partial charge in [0.25, 0.3) is 0 Å². The van der Waals surface area contributed by atoms with Gasteiger partial charge in [-0.15, -0.1) is 0 Å². The van der Waals surface area contributed by atoms with Crippen LogP contribution < -0.4 is 43.1 Å². The zero-order chi connectivity index (χ0) is 73.6. The number of aryl methyl sites for hydroxylation is 3. The number of rotatable bonds is 23. The molecule has 8 heterocycles. The molecule has 106 heavy (non-hydrogen) atoms. The van der Waals surface area contributed by atoms with Crippen LogP contribution in [0.15, 0.2) is 195 Å². The Kier molecular flexibility index (Phi) is 23.2. The first kappa shape index (κ1) is 72.6. The number of fused-ring (bicyclic) bond motifs is 3. The molecule has 6 aromatic heterocycles. The third-order valence-electron chi connectivity index (χ3n) is 19.4. The molecule has 0 saturated carbocycles. The number of benzene rings is 7. The van der Waals surface area contributed by atoms with E-state index < -0.39 is 0 Å². The summed E-state index contributed by atoms with van der Waals surface area (Å²) >= 11 is 0. The van der Waals surface area contributed by atoms with Gasteiger partial charge in [0.2, 0.25) is 0 Å². The van der Waals surface area contributed by atoms with Gasteiger partial charge in [-0.1, -0.05) is 30.3 Å². The van der Waals surface area contributed by atoms with E-state index in [1.165, 1.54) is 18.4 Å². The second-order valence-corrected chi connectivity index (χ2v) is 26.6. The number of likely N-dealkylation sites (tertiary alicyclic amines) is 1. The molecule has 0 amide bonds. The van der Waals surface area contributed by atoms with Crippen molar-refractivity contribution in [3.8, 4) is 68.3 Å². The van der Waals surface area contributed by atoms with E-state index in [0.29, 0.717) is 18.5 Å². The minimum absolute atomic E-state index is 0.523. The lowest BCUT2D eigenvalue weighted by Gasteiger charge is -2.36. The highest BCUT2D eigenvalue weighted by Gasteiger charge is 2.25. The molecule has 2 aliphatic heterocycles. The summed E-state index contributed by atoms with van der Waals surface area (Å²) < 4.78 is 44.3. The normalized spacial score (nSPS) is 13.4. The van der Waals surface area contributed by atoms with E-state index in [0.717, 1.165) is 194 Å². The van der Waals surface area contributed by atoms with E-state index in [1.807, 2.05) is 125 Å². The number of hydrogen-bond donors (Lipinski definition) is 0. The molecule has 0 unspecified atom stereocenters. The highest BCUT2D eigenvalue weighted by atomic mass is 16.5. The van der Waals surface area contributed by atoms with Crippen LogP contribution in [0.2, 0.25) is 0 Å². The zero-order valence-corrected chi connectivity index (χ0v) is 62.1. The molecule has 2 fully saturated rings. The average molecular weight is 1430 g/mol. The van der Waals surface area contributed by atoms with Gasteiger partial charge in [0.05, 0.1) is 130 Å². The number of piperidine rings is 1. The molecule has 0 atom stereocenters. The fourth-order valence-electron chi connectivity index (χ4n) is 13.4. The number of aromatic nitrogens is 12. The van der Waals surface area contributed by atoms with Crippen molar-refractivity contribution in [2.24, 2.45) is 27.1 Å². The second-order valence-electron chi connectivity index (χ2n) is 26.6. The average Bonchev–Trinajstić information content (AvgIpc) is 1.14. The number of nitrogens with zero attached hydrogens (tertiary/aromatic N) is 17. The molecule has 0 aliphatic carbocycles. The molecule has 13 aromatic rings. The molecular formula is C82H91N17O7. The highest BCUT2D eigenvalue weighted by Crippen LogP contribution is 2.40. The van der Waals surface area contributed by atoms with Crippen LogP contribution >= 0.6 is 0 Å². The van der Waals surface area contributed by atoms with Crippen molar-refractivity contribution in [3.63, 3.8) is 0 Å². The molecule has 15 rings (SSSR count). The minimum atomic E-state index is 0.523. The van der Waals surface area contributed by atoms with Crippen molar-refractivity contribution in [1.82, 2.24) is 69.0 Å². The number of ether oxygens (including phenoxy) is 7. The zero-order valence-electron chi connectivity index (χ0n) is 62.1. The van der Waals surface area contributed by atoms with E-state index >= 15 is 0 Å². The van der Waals surface area contributed by atoms with Crippen LogP contribution in [0.3, 0.4) is 0 Å². The Balaban J connectivity index is 0.000000141. The summed E-state index contributed by atoms with van der Waals surface area (Å²) in [5.74, 6) is 5.01. The fourth-order valence-corrected chi connectivity index (χ4v) is 13.4. The molecule has 24 nitrogen and oxygen atoms in total. The Bertz CT molecular complexity index is 5030. The summed E-state index contributed by atoms with van der Waals surface area (Å²) in [4.78, 5) is 40.4. The van der Waals surface area contributed by atoms with Gasteiger partial charge < -0.3 is 57.7 Å². The van der Waals surface area contributed by atoms with Crippen LogP contribution in [-0.4, -0.2) is 178 Å². The van der Waals surface area contributed by atoms with Crippen LogP contribution in [-0.2, 0) is 32.4 Å². The first-order valence-electron chi connectivity index (χ1n) is 35.5. The van der Waals surface area contributed by atoms with Gasteiger partial charge >= 0.3 is 0 Å². The van der Waals surface area contributed by atoms with Crippen molar-refractivity contribution in [2.45, 2.75) is 38.3 Å². The van der Waals surface area contributed by atoms with Crippen molar-refractivity contribution in [2.75, 3.05) is 117 Å². The smallest absolute Gasteiger partial charge is 0.124 e. The summed E-state index contributed by atoms with van der Waals surface area (Å²) in [5, 5.41) is 12.8. The molecule has 0 spiro atoms. The molecular weight excluding hydrogens is 1340 g/mol. The molecule has 2 aliphatic rings. The maximum atomic E-state index is 5.60. The Morgan fingerprint density at radius 1 is 0.406 bits per heavy atom. The maximum Gasteiger partial charge on any atom is 0.124 e. The monoisotopic (exact) mass is 1430 g/mol. The van der Waals surface area contributed by atoms with Gasteiger partial charge in [-0.25, -0.2) is 15.0 Å². The van der Waals surface area contributed by atoms with Crippen molar-refractivity contribution in [3.05, 3.63) is 201 Å². The van der Waals surface area contributed by atoms with E-state index in [-0.39, 0.29) is 0 Å². The van der Waals surface area contributed by atoms with Gasteiger partial charge in [0.15, 0.2) is 0 Å². The summed E-state index contributed by atoms with van der Waals surface area (Å²) in [6.07, 6.45) is 21.1. The summed E-state index contributed by atoms with van der Waals surface area (Å²) in [6, 6.07) is 47.5. The van der Waals surface area contributed by atoms with Crippen LogP contribution in [0.25, 0.3) is 66.9 Å². The lowest BCUT2D eigenvalue weighted by molar-refractivity contribution is 0.0688. The molecule has 2 saturated heterocycles. The van der Waals surface area contributed by atoms with Gasteiger partial charge in [-0.05, 0) is 119 Å². The minimum Gasteiger partial charge on any atom is -0.497 e. The molecule has 0 N–H and O–H groups in total. The first-order valence-corrected chi connectivity index (χ1v) is 35.5. The van der Waals surface area contributed by atoms with Crippen molar-refractivity contribution >= 4 is 67.2 Å². The fraction of sp³-hybridized carbons (Fsp3) is 0.305. The van der Waals surface area contributed by atoms with Gasteiger partial charge in [-0.2, -0.15) is 15.3 Å². The van der Waals surface area contributed by atoms with Crippen LogP contribution in [0.5, 0.6) is 34.5 Å². The summed E-state index contributed by atoms with van der Waals surface area (Å²) in [7, 11) is 20.1. The number of methoxy groups -OCH3 is 6. The summed E-state index contributed by atoms with van der Waals surface area (Å²) in [5.41, 5.74) is 17.5. The largest absolute Gasteiger partial charge is 0.497 e. The van der Waals surface area contributed by atoms with Gasteiger partial charge in [0.1, 0.15) is 34.5 Å². The predicted molar refractivity (Wildman–Crippen MR) is 417 cm³/mol. The Morgan fingerprint density at radius 2 is 0.783 bits per heavy atom. The molecule has 7 aromatic carbocycles.